The van der Waals surface area contributed by atoms with Crippen LogP contribution in [-0.4, -0.2) is 18.1 Å². The summed E-state index contributed by atoms with van der Waals surface area (Å²) in [5.74, 6) is 1.97. The molecule has 1 aliphatic rings. The molecule has 1 aliphatic heterocycles. The van der Waals surface area contributed by atoms with E-state index in [-0.39, 0.29) is 0 Å². The number of pyridine rings is 1. The van der Waals surface area contributed by atoms with Crippen molar-refractivity contribution < 1.29 is 0 Å². The average molecular weight is 202 g/mol. The zero-order chi connectivity index (χ0) is 10.7. The standard InChI is InChI=1S/C13H18N2/c1-3-6-11-9-15(10-11)13-12(4-2)7-5-8-14-13/h4-5,7-8,11H,2-3,6,9-10H2,1H3. The topological polar surface area (TPSA) is 16.1 Å². The summed E-state index contributed by atoms with van der Waals surface area (Å²) >= 11 is 0. The summed E-state index contributed by atoms with van der Waals surface area (Å²) in [6.07, 6.45) is 6.37. The van der Waals surface area contributed by atoms with Gasteiger partial charge in [-0.05, 0) is 24.5 Å². The molecule has 0 saturated carbocycles. The Kier molecular flexibility index (Phi) is 3.05. The molecule has 1 aromatic heterocycles. The molecule has 0 aliphatic carbocycles. The van der Waals surface area contributed by atoms with E-state index in [0.29, 0.717) is 0 Å². The minimum atomic E-state index is 0.870. The molecule has 0 radical (unpaired) electrons. The monoisotopic (exact) mass is 202 g/mol. The Hall–Kier alpha value is -1.31. The second kappa shape index (κ2) is 4.47. The van der Waals surface area contributed by atoms with Gasteiger partial charge < -0.3 is 4.90 Å². The van der Waals surface area contributed by atoms with Gasteiger partial charge in [0, 0.05) is 24.8 Å². The molecular formula is C13H18N2. The first kappa shape index (κ1) is 10.2. The highest BCUT2D eigenvalue weighted by molar-refractivity contribution is 5.63. The minimum Gasteiger partial charge on any atom is -0.355 e. The van der Waals surface area contributed by atoms with Gasteiger partial charge in [0.25, 0.3) is 0 Å². The van der Waals surface area contributed by atoms with Crippen LogP contribution in [0.2, 0.25) is 0 Å². The molecule has 1 aromatic rings. The summed E-state index contributed by atoms with van der Waals surface area (Å²) in [6, 6.07) is 4.03. The van der Waals surface area contributed by atoms with Crippen LogP contribution in [0.15, 0.2) is 24.9 Å². The maximum absolute atomic E-state index is 4.42. The van der Waals surface area contributed by atoms with Crippen LogP contribution in [0.5, 0.6) is 0 Å². The summed E-state index contributed by atoms with van der Waals surface area (Å²) in [6.45, 7) is 8.39. The van der Waals surface area contributed by atoms with E-state index in [2.05, 4.69) is 29.5 Å². The molecule has 15 heavy (non-hydrogen) atoms. The van der Waals surface area contributed by atoms with E-state index in [4.69, 9.17) is 0 Å². The highest BCUT2D eigenvalue weighted by Crippen LogP contribution is 2.28. The largest absolute Gasteiger partial charge is 0.355 e. The van der Waals surface area contributed by atoms with Crippen molar-refractivity contribution in [1.82, 2.24) is 4.98 Å². The summed E-state index contributed by atoms with van der Waals surface area (Å²) in [5, 5.41) is 0. The average Bonchev–Trinajstić information content (AvgIpc) is 2.23. The van der Waals surface area contributed by atoms with Crippen LogP contribution in [0, 0.1) is 5.92 Å². The smallest absolute Gasteiger partial charge is 0.135 e. The highest BCUT2D eigenvalue weighted by atomic mass is 15.2. The first-order valence-electron chi connectivity index (χ1n) is 5.67. The molecule has 0 bridgehead atoms. The Morgan fingerprint density at radius 1 is 1.60 bits per heavy atom. The number of aromatic nitrogens is 1. The van der Waals surface area contributed by atoms with Gasteiger partial charge in [0.15, 0.2) is 0 Å². The fraction of sp³-hybridized carbons (Fsp3) is 0.462. The summed E-state index contributed by atoms with van der Waals surface area (Å²) in [5.41, 5.74) is 1.15. The predicted molar refractivity (Wildman–Crippen MR) is 64.9 cm³/mol. The van der Waals surface area contributed by atoms with Gasteiger partial charge >= 0.3 is 0 Å². The van der Waals surface area contributed by atoms with Crippen LogP contribution in [0.4, 0.5) is 5.82 Å². The Bertz CT molecular complexity index is 340. The lowest BCUT2D eigenvalue weighted by molar-refractivity contribution is 0.378. The third-order valence-electron chi connectivity index (χ3n) is 2.99. The molecule has 0 aromatic carbocycles. The molecule has 80 valence electrons. The Balaban J connectivity index is 2.03. The number of anilines is 1. The van der Waals surface area contributed by atoms with Crippen LogP contribution in [-0.2, 0) is 0 Å². The van der Waals surface area contributed by atoms with Crippen molar-refractivity contribution in [2.45, 2.75) is 19.8 Å². The van der Waals surface area contributed by atoms with Gasteiger partial charge in [-0.3, -0.25) is 0 Å². The second-order valence-corrected chi connectivity index (χ2v) is 4.18. The van der Waals surface area contributed by atoms with Crippen molar-refractivity contribution >= 4 is 11.9 Å². The number of rotatable bonds is 4. The third kappa shape index (κ3) is 2.04. The van der Waals surface area contributed by atoms with Crippen molar-refractivity contribution in [3.63, 3.8) is 0 Å². The minimum absolute atomic E-state index is 0.870. The Morgan fingerprint density at radius 2 is 2.40 bits per heavy atom. The van der Waals surface area contributed by atoms with Gasteiger partial charge in [0.2, 0.25) is 0 Å². The molecule has 2 nitrogen and oxygen atoms in total. The van der Waals surface area contributed by atoms with Crippen LogP contribution in [0.25, 0.3) is 6.08 Å². The van der Waals surface area contributed by atoms with Gasteiger partial charge in [0.05, 0.1) is 0 Å². The lowest BCUT2D eigenvalue weighted by Crippen LogP contribution is -2.47. The predicted octanol–water partition coefficient (Wildman–Crippen LogP) is 2.96. The van der Waals surface area contributed by atoms with Crippen molar-refractivity contribution in [3.05, 3.63) is 30.5 Å². The molecule has 1 saturated heterocycles. The summed E-state index contributed by atoms with van der Waals surface area (Å²) < 4.78 is 0. The fourth-order valence-electron chi connectivity index (χ4n) is 2.17. The lowest BCUT2D eigenvalue weighted by Gasteiger charge is -2.40. The normalized spacial score (nSPS) is 16.2. The fourth-order valence-corrected chi connectivity index (χ4v) is 2.17. The van der Waals surface area contributed by atoms with Gasteiger partial charge in [0.1, 0.15) is 5.82 Å². The first-order valence-corrected chi connectivity index (χ1v) is 5.67. The molecule has 2 rings (SSSR count). The molecule has 2 heterocycles. The Morgan fingerprint density at radius 3 is 3.07 bits per heavy atom. The maximum atomic E-state index is 4.42. The van der Waals surface area contributed by atoms with E-state index in [0.717, 1.165) is 30.4 Å². The van der Waals surface area contributed by atoms with Crippen LogP contribution >= 0.6 is 0 Å². The van der Waals surface area contributed by atoms with Crippen molar-refractivity contribution in [1.29, 1.82) is 0 Å². The zero-order valence-electron chi connectivity index (χ0n) is 9.32. The number of hydrogen-bond donors (Lipinski definition) is 0. The molecule has 0 unspecified atom stereocenters. The van der Waals surface area contributed by atoms with E-state index in [1.807, 2.05) is 18.3 Å². The van der Waals surface area contributed by atoms with Crippen LogP contribution in [0.1, 0.15) is 25.3 Å². The summed E-state index contributed by atoms with van der Waals surface area (Å²) in [4.78, 5) is 6.77. The van der Waals surface area contributed by atoms with Crippen molar-refractivity contribution in [2.75, 3.05) is 18.0 Å². The van der Waals surface area contributed by atoms with Crippen LogP contribution in [0.3, 0.4) is 0 Å². The van der Waals surface area contributed by atoms with E-state index >= 15 is 0 Å². The third-order valence-corrected chi connectivity index (χ3v) is 2.99. The second-order valence-electron chi connectivity index (χ2n) is 4.18. The van der Waals surface area contributed by atoms with Gasteiger partial charge in [-0.25, -0.2) is 4.98 Å². The van der Waals surface area contributed by atoms with E-state index in [1.165, 1.54) is 12.8 Å². The zero-order valence-corrected chi connectivity index (χ0v) is 9.32. The molecule has 0 spiro atoms. The van der Waals surface area contributed by atoms with E-state index < -0.39 is 0 Å². The van der Waals surface area contributed by atoms with E-state index in [9.17, 15) is 0 Å². The van der Waals surface area contributed by atoms with Crippen LogP contribution < -0.4 is 4.90 Å². The SMILES string of the molecule is C=Cc1cccnc1N1CC(CCC)C1. The maximum Gasteiger partial charge on any atom is 0.135 e. The molecule has 0 N–H and O–H groups in total. The lowest BCUT2D eigenvalue weighted by atomic mass is 9.94. The number of nitrogens with zero attached hydrogens (tertiary/aromatic N) is 2. The molecule has 1 fully saturated rings. The Labute approximate surface area is 91.6 Å². The number of hydrogen-bond acceptors (Lipinski definition) is 2. The molecule has 0 atom stereocenters. The van der Waals surface area contributed by atoms with E-state index in [1.54, 1.807) is 0 Å². The molecule has 2 heteroatoms. The quantitative estimate of drug-likeness (QED) is 0.746. The van der Waals surface area contributed by atoms with Gasteiger partial charge in [-0.2, -0.15) is 0 Å². The molecular weight excluding hydrogens is 184 g/mol. The van der Waals surface area contributed by atoms with Gasteiger partial charge in [-0.1, -0.05) is 26.0 Å². The van der Waals surface area contributed by atoms with Crippen molar-refractivity contribution in [3.8, 4) is 0 Å². The first-order chi connectivity index (χ1) is 7.35. The van der Waals surface area contributed by atoms with Crippen molar-refractivity contribution in [2.24, 2.45) is 5.92 Å². The molecule has 0 amide bonds. The highest BCUT2D eigenvalue weighted by Gasteiger charge is 2.27. The van der Waals surface area contributed by atoms with Gasteiger partial charge in [-0.15, -0.1) is 0 Å². The summed E-state index contributed by atoms with van der Waals surface area (Å²) in [7, 11) is 0.